The van der Waals surface area contributed by atoms with Gasteiger partial charge < -0.3 is 9.88 Å². The average Bonchev–Trinajstić information content (AvgIpc) is 3.45. The number of H-pyrrole nitrogens is 2. The number of nitrogens with zero attached hydrogens (tertiary/aromatic N) is 6. The molecule has 0 spiro atoms. The lowest BCUT2D eigenvalue weighted by Crippen LogP contribution is -2.29. The van der Waals surface area contributed by atoms with Crippen LogP contribution in [0, 0.1) is 5.82 Å². The van der Waals surface area contributed by atoms with Crippen molar-refractivity contribution in [1.29, 1.82) is 0 Å². The van der Waals surface area contributed by atoms with E-state index >= 15 is 4.39 Å². The highest BCUT2D eigenvalue weighted by Gasteiger charge is 2.22. The van der Waals surface area contributed by atoms with Crippen LogP contribution in [0.25, 0.3) is 44.8 Å². The number of aromatic nitrogens is 7. The summed E-state index contributed by atoms with van der Waals surface area (Å²) >= 11 is 0. The third-order valence-electron chi connectivity index (χ3n) is 5.78. The Kier molecular flexibility index (Phi) is 4.12. The van der Waals surface area contributed by atoms with Crippen LogP contribution < -0.4 is 4.90 Å². The molecular formula is C22H19FN8. The van der Waals surface area contributed by atoms with E-state index in [4.69, 9.17) is 4.98 Å². The van der Waals surface area contributed by atoms with Crippen molar-refractivity contribution in [2.75, 3.05) is 18.0 Å². The predicted octanol–water partition coefficient (Wildman–Crippen LogP) is 4.09. The third-order valence-corrected chi connectivity index (χ3v) is 5.78. The SMILES string of the molecule is Fc1c(-c2cccnc2)cnc2[nH]nc(-c3nc4c(N5CCCCC5)ccnc4[nH]3)c12. The van der Waals surface area contributed by atoms with Gasteiger partial charge in [-0.3, -0.25) is 10.1 Å². The molecule has 1 aliphatic heterocycles. The third kappa shape index (κ3) is 2.92. The molecule has 0 atom stereocenters. The van der Waals surface area contributed by atoms with E-state index in [0.717, 1.165) is 24.3 Å². The van der Waals surface area contributed by atoms with Crippen LogP contribution in [-0.4, -0.2) is 48.2 Å². The first-order chi connectivity index (χ1) is 15.3. The normalized spacial score (nSPS) is 14.5. The Labute approximate surface area is 176 Å². The lowest BCUT2D eigenvalue weighted by atomic mass is 10.1. The predicted molar refractivity (Wildman–Crippen MR) is 116 cm³/mol. The zero-order valence-corrected chi connectivity index (χ0v) is 16.6. The van der Waals surface area contributed by atoms with Crippen molar-refractivity contribution in [2.45, 2.75) is 19.3 Å². The van der Waals surface area contributed by atoms with Crippen LogP contribution in [0.2, 0.25) is 0 Å². The van der Waals surface area contributed by atoms with Gasteiger partial charge in [-0.2, -0.15) is 5.10 Å². The van der Waals surface area contributed by atoms with Crippen LogP contribution in [0.1, 0.15) is 19.3 Å². The highest BCUT2D eigenvalue weighted by Crippen LogP contribution is 2.34. The van der Waals surface area contributed by atoms with Gasteiger partial charge in [0.05, 0.1) is 11.1 Å². The van der Waals surface area contributed by atoms with Crippen molar-refractivity contribution < 1.29 is 4.39 Å². The number of nitrogens with one attached hydrogen (secondary N) is 2. The maximum absolute atomic E-state index is 15.6. The number of hydrogen-bond donors (Lipinski definition) is 2. The first-order valence-electron chi connectivity index (χ1n) is 10.3. The number of anilines is 1. The Morgan fingerprint density at radius 1 is 0.968 bits per heavy atom. The first kappa shape index (κ1) is 17.9. The van der Waals surface area contributed by atoms with Crippen LogP contribution in [0.15, 0.2) is 43.0 Å². The highest BCUT2D eigenvalue weighted by molar-refractivity contribution is 5.95. The summed E-state index contributed by atoms with van der Waals surface area (Å²) in [5, 5.41) is 7.43. The number of hydrogen-bond acceptors (Lipinski definition) is 6. The Balaban J connectivity index is 1.51. The molecule has 0 aliphatic carbocycles. The summed E-state index contributed by atoms with van der Waals surface area (Å²) in [6.45, 7) is 2.00. The fourth-order valence-electron chi connectivity index (χ4n) is 4.25. The van der Waals surface area contributed by atoms with Gasteiger partial charge in [-0.15, -0.1) is 0 Å². The molecule has 2 N–H and O–H groups in total. The molecule has 9 heteroatoms. The van der Waals surface area contributed by atoms with E-state index in [1.807, 2.05) is 6.07 Å². The van der Waals surface area contributed by atoms with Crippen molar-refractivity contribution in [3.63, 3.8) is 0 Å². The second kappa shape index (κ2) is 7.12. The Morgan fingerprint density at radius 2 is 1.87 bits per heavy atom. The number of aromatic amines is 2. The van der Waals surface area contributed by atoms with Gasteiger partial charge in [-0.1, -0.05) is 6.07 Å². The van der Waals surface area contributed by atoms with Crippen molar-refractivity contribution in [1.82, 2.24) is 35.1 Å². The zero-order chi connectivity index (χ0) is 20.8. The molecule has 0 amide bonds. The monoisotopic (exact) mass is 414 g/mol. The minimum Gasteiger partial charge on any atom is -0.370 e. The number of rotatable bonds is 3. The second-order valence-corrected chi connectivity index (χ2v) is 7.68. The smallest absolute Gasteiger partial charge is 0.161 e. The Hall–Kier alpha value is -3.88. The van der Waals surface area contributed by atoms with E-state index in [2.05, 4.69) is 35.0 Å². The fourth-order valence-corrected chi connectivity index (χ4v) is 4.25. The molecule has 5 aromatic rings. The van der Waals surface area contributed by atoms with E-state index in [9.17, 15) is 0 Å². The van der Waals surface area contributed by atoms with Crippen molar-refractivity contribution in [2.24, 2.45) is 0 Å². The van der Waals surface area contributed by atoms with E-state index in [1.54, 1.807) is 30.7 Å². The summed E-state index contributed by atoms with van der Waals surface area (Å²) in [7, 11) is 0. The summed E-state index contributed by atoms with van der Waals surface area (Å²) in [5.41, 5.74) is 4.24. The Bertz CT molecular complexity index is 1390. The summed E-state index contributed by atoms with van der Waals surface area (Å²) in [4.78, 5) is 23.2. The van der Waals surface area contributed by atoms with Crippen LogP contribution >= 0.6 is 0 Å². The molecule has 6 rings (SSSR count). The van der Waals surface area contributed by atoms with Crippen LogP contribution in [-0.2, 0) is 0 Å². The quantitative estimate of drug-likeness (QED) is 0.461. The topological polar surface area (TPSA) is 99.3 Å². The molecule has 154 valence electrons. The van der Waals surface area contributed by atoms with Gasteiger partial charge in [-0.05, 0) is 31.4 Å². The molecule has 1 saturated heterocycles. The number of halogens is 1. The van der Waals surface area contributed by atoms with Gasteiger partial charge >= 0.3 is 0 Å². The lowest BCUT2D eigenvalue weighted by Gasteiger charge is -2.28. The summed E-state index contributed by atoms with van der Waals surface area (Å²) in [6, 6.07) is 5.56. The number of pyridine rings is 3. The van der Waals surface area contributed by atoms with Crippen LogP contribution in [0.4, 0.5) is 10.1 Å². The molecule has 0 aromatic carbocycles. The number of piperidine rings is 1. The van der Waals surface area contributed by atoms with Gasteiger partial charge in [0.2, 0.25) is 0 Å². The first-order valence-corrected chi connectivity index (χ1v) is 10.3. The molecule has 31 heavy (non-hydrogen) atoms. The van der Waals surface area contributed by atoms with Crippen molar-refractivity contribution in [3.05, 3.63) is 48.8 Å². The van der Waals surface area contributed by atoms with Crippen molar-refractivity contribution >= 4 is 27.9 Å². The molecule has 1 fully saturated rings. The van der Waals surface area contributed by atoms with Gasteiger partial charge in [0.15, 0.2) is 17.1 Å². The molecule has 0 unspecified atom stereocenters. The standard InChI is InChI=1S/C22H19FN8/c23-17-14(13-5-4-7-24-11-13)12-26-20-16(17)19(29-30-20)22-27-18-15(6-8-25-21(18)28-22)31-9-2-1-3-10-31/h4-8,11-12H,1-3,9-10H2,(H,25,27,28)(H,26,29,30). The largest absolute Gasteiger partial charge is 0.370 e. The van der Waals surface area contributed by atoms with E-state index in [1.165, 1.54) is 25.5 Å². The van der Waals surface area contributed by atoms with Gasteiger partial charge in [-0.25, -0.2) is 19.3 Å². The summed E-state index contributed by atoms with van der Waals surface area (Å²) in [6.07, 6.45) is 10.1. The van der Waals surface area contributed by atoms with Crippen LogP contribution in [0.5, 0.6) is 0 Å². The molecule has 6 heterocycles. The molecule has 8 nitrogen and oxygen atoms in total. The maximum atomic E-state index is 15.6. The van der Waals surface area contributed by atoms with Crippen LogP contribution in [0.3, 0.4) is 0 Å². The number of imidazole rings is 1. The minimum absolute atomic E-state index is 0.292. The zero-order valence-electron chi connectivity index (χ0n) is 16.6. The fraction of sp³-hybridized carbons (Fsp3) is 0.227. The van der Waals surface area contributed by atoms with Gasteiger partial charge in [0.1, 0.15) is 17.0 Å². The van der Waals surface area contributed by atoms with E-state index < -0.39 is 5.82 Å². The molecule has 0 bridgehead atoms. The van der Waals surface area contributed by atoms with E-state index in [-0.39, 0.29) is 0 Å². The molecule has 0 saturated carbocycles. The second-order valence-electron chi connectivity index (χ2n) is 7.68. The Morgan fingerprint density at radius 3 is 2.71 bits per heavy atom. The molecule has 0 radical (unpaired) electrons. The van der Waals surface area contributed by atoms with Gasteiger partial charge in [0.25, 0.3) is 0 Å². The highest BCUT2D eigenvalue weighted by atomic mass is 19.1. The maximum Gasteiger partial charge on any atom is 0.161 e. The van der Waals surface area contributed by atoms with E-state index in [0.29, 0.717) is 39.3 Å². The average molecular weight is 414 g/mol. The van der Waals surface area contributed by atoms with Gasteiger partial charge in [0, 0.05) is 49.0 Å². The molecule has 5 aromatic heterocycles. The number of fused-ring (bicyclic) bond motifs is 2. The summed E-state index contributed by atoms with van der Waals surface area (Å²) < 4.78 is 15.6. The summed E-state index contributed by atoms with van der Waals surface area (Å²) in [5.74, 6) is 0.0497. The minimum atomic E-state index is -0.411. The molecular weight excluding hydrogens is 395 g/mol. The van der Waals surface area contributed by atoms with Crippen molar-refractivity contribution in [3.8, 4) is 22.6 Å². The lowest BCUT2D eigenvalue weighted by molar-refractivity contribution is 0.578. The molecule has 1 aliphatic rings.